The first-order valence-electron chi connectivity index (χ1n) is 10.7. The third kappa shape index (κ3) is 3.62. The molecular weight excluding hydrogens is 402 g/mol. The number of nitrogens with zero attached hydrogens (tertiary/aromatic N) is 4. The molecule has 0 spiro atoms. The first-order chi connectivity index (χ1) is 15.6. The summed E-state index contributed by atoms with van der Waals surface area (Å²) in [6, 6.07) is 19.4. The van der Waals surface area contributed by atoms with Crippen molar-refractivity contribution < 1.29 is 9.59 Å². The van der Waals surface area contributed by atoms with E-state index in [9.17, 15) is 9.59 Å². The molecule has 0 radical (unpaired) electrons. The molecule has 32 heavy (non-hydrogen) atoms. The van der Waals surface area contributed by atoms with Crippen molar-refractivity contribution in [1.82, 2.24) is 14.5 Å². The Balaban J connectivity index is 1.29. The second kappa shape index (κ2) is 8.26. The third-order valence-corrected chi connectivity index (χ3v) is 5.87. The number of benzene rings is 2. The van der Waals surface area contributed by atoms with Crippen molar-refractivity contribution in [1.29, 1.82) is 0 Å². The van der Waals surface area contributed by atoms with E-state index in [0.717, 1.165) is 34.5 Å². The second-order valence-corrected chi connectivity index (χ2v) is 7.89. The molecule has 1 atom stereocenters. The van der Waals surface area contributed by atoms with Gasteiger partial charge in [0.05, 0.1) is 28.8 Å². The minimum Gasteiger partial charge on any atom is -0.324 e. The van der Waals surface area contributed by atoms with Crippen LogP contribution in [0.4, 0.5) is 11.4 Å². The van der Waals surface area contributed by atoms with E-state index in [2.05, 4.69) is 22.2 Å². The van der Waals surface area contributed by atoms with Crippen LogP contribution in [0.3, 0.4) is 0 Å². The van der Waals surface area contributed by atoms with Crippen LogP contribution in [-0.4, -0.2) is 32.9 Å². The zero-order valence-corrected chi connectivity index (χ0v) is 17.7. The van der Waals surface area contributed by atoms with Crippen molar-refractivity contribution in [3.05, 3.63) is 78.8 Å². The molecule has 1 N–H and O–H groups in total. The van der Waals surface area contributed by atoms with Crippen LogP contribution in [-0.2, 0) is 16.0 Å². The number of hydrogen-bond acceptors (Lipinski definition) is 4. The number of carbonyl (C=O) groups is 2. The number of pyridine rings is 1. The van der Waals surface area contributed by atoms with Crippen molar-refractivity contribution in [2.45, 2.75) is 19.8 Å². The lowest BCUT2D eigenvalue weighted by Gasteiger charge is -2.20. The maximum Gasteiger partial charge on any atom is 0.229 e. The Kier molecular flexibility index (Phi) is 5.15. The van der Waals surface area contributed by atoms with Gasteiger partial charge in [0.15, 0.2) is 0 Å². The summed E-state index contributed by atoms with van der Waals surface area (Å²) in [5.74, 6) is 0.128. The molecular formula is C25H23N5O2. The Morgan fingerprint density at radius 1 is 1.06 bits per heavy atom. The van der Waals surface area contributed by atoms with Crippen molar-refractivity contribution >= 4 is 34.2 Å². The normalized spacial score (nSPS) is 16.0. The van der Waals surface area contributed by atoms with Crippen LogP contribution in [0.15, 0.2) is 73.2 Å². The summed E-state index contributed by atoms with van der Waals surface area (Å²) in [7, 11) is 0. The van der Waals surface area contributed by atoms with Gasteiger partial charge in [-0.25, -0.2) is 9.97 Å². The smallest absolute Gasteiger partial charge is 0.229 e. The topological polar surface area (TPSA) is 80.1 Å². The first kappa shape index (κ1) is 19.9. The molecule has 7 nitrogen and oxygen atoms in total. The molecule has 7 heteroatoms. The Bertz CT molecular complexity index is 1300. The van der Waals surface area contributed by atoms with Gasteiger partial charge in [-0.15, -0.1) is 0 Å². The summed E-state index contributed by atoms with van der Waals surface area (Å²) < 4.78 is 1.90. The van der Waals surface area contributed by atoms with Crippen LogP contribution in [0.5, 0.6) is 0 Å². The van der Waals surface area contributed by atoms with Gasteiger partial charge < -0.3 is 10.2 Å². The molecule has 0 bridgehead atoms. The van der Waals surface area contributed by atoms with Crippen LogP contribution in [0, 0.1) is 5.92 Å². The molecule has 5 rings (SSSR count). The highest BCUT2D eigenvalue weighted by molar-refractivity contribution is 6.03. The molecule has 1 fully saturated rings. The van der Waals surface area contributed by atoms with Gasteiger partial charge in [-0.2, -0.15) is 0 Å². The van der Waals surface area contributed by atoms with E-state index in [0.29, 0.717) is 12.2 Å². The van der Waals surface area contributed by atoms with Crippen LogP contribution >= 0.6 is 0 Å². The Morgan fingerprint density at radius 3 is 2.69 bits per heavy atom. The first-order valence-corrected chi connectivity index (χ1v) is 10.7. The van der Waals surface area contributed by atoms with Gasteiger partial charge in [0, 0.05) is 18.7 Å². The van der Waals surface area contributed by atoms with E-state index < -0.39 is 5.92 Å². The average Bonchev–Trinajstić information content (AvgIpc) is 3.43. The number of para-hydroxylation sites is 3. The molecule has 2 amide bonds. The summed E-state index contributed by atoms with van der Waals surface area (Å²) >= 11 is 0. The molecule has 1 saturated heterocycles. The van der Waals surface area contributed by atoms with E-state index in [1.165, 1.54) is 0 Å². The summed E-state index contributed by atoms with van der Waals surface area (Å²) in [4.78, 5) is 36.1. The number of anilines is 2. The van der Waals surface area contributed by atoms with Crippen LogP contribution in [0.25, 0.3) is 16.9 Å². The van der Waals surface area contributed by atoms with Gasteiger partial charge in [0.25, 0.3) is 0 Å². The molecule has 2 aromatic heterocycles. The summed E-state index contributed by atoms with van der Waals surface area (Å²) in [5.41, 5.74) is 4.46. The fourth-order valence-electron chi connectivity index (χ4n) is 4.18. The van der Waals surface area contributed by atoms with E-state index >= 15 is 0 Å². The van der Waals surface area contributed by atoms with Crippen molar-refractivity contribution in [2.75, 3.05) is 16.8 Å². The highest BCUT2D eigenvalue weighted by atomic mass is 16.2. The number of nitrogens with one attached hydrogen (secondary N) is 1. The summed E-state index contributed by atoms with van der Waals surface area (Å²) in [6.45, 7) is 2.45. The van der Waals surface area contributed by atoms with Crippen molar-refractivity contribution in [2.24, 2.45) is 5.92 Å². The largest absolute Gasteiger partial charge is 0.324 e. The van der Waals surface area contributed by atoms with Crippen LogP contribution < -0.4 is 10.2 Å². The lowest BCUT2D eigenvalue weighted by atomic mass is 10.1. The molecule has 4 aromatic rings. The maximum atomic E-state index is 12.8. The zero-order chi connectivity index (χ0) is 22.1. The molecule has 0 saturated carbocycles. The molecule has 2 aromatic carbocycles. The predicted molar refractivity (Wildman–Crippen MR) is 124 cm³/mol. The van der Waals surface area contributed by atoms with Gasteiger partial charge in [0.1, 0.15) is 12.1 Å². The standard InChI is InChI=1S/C25H23N5O2/c1-2-17-7-3-5-9-21(17)29-15-18(13-24(29)31)25(32)28-19-11-12-23(26-14-19)30-16-27-20-8-4-6-10-22(20)30/h3-12,14,16,18H,2,13,15H2,1H3,(H,28,32). The van der Waals surface area contributed by atoms with Crippen molar-refractivity contribution in [3.63, 3.8) is 0 Å². The number of amides is 2. The molecule has 1 aliphatic heterocycles. The SMILES string of the molecule is CCc1ccccc1N1CC(C(=O)Nc2ccc(-n3cnc4ccccc43)nc2)CC1=O. The lowest BCUT2D eigenvalue weighted by Crippen LogP contribution is -2.28. The Labute approximate surface area is 185 Å². The number of carbonyl (C=O) groups excluding carboxylic acids is 2. The monoisotopic (exact) mass is 425 g/mol. The molecule has 0 aliphatic carbocycles. The Hall–Kier alpha value is -4.00. The van der Waals surface area contributed by atoms with Gasteiger partial charge in [-0.3, -0.25) is 14.2 Å². The van der Waals surface area contributed by atoms with Crippen LogP contribution in [0.2, 0.25) is 0 Å². The minimum absolute atomic E-state index is 0.0218. The van der Waals surface area contributed by atoms with Gasteiger partial charge in [0.2, 0.25) is 11.8 Å². The number of imidazole rings is 1. The summed E-state index contributed by atoms with van der Waals surface area (Å²) in [5, 5.41) is 2.91. The fourth-order valence-corrected chi connectivity index (χ4v) is 4.18. The minimum atomic E-state index is -0.398. The third-order valence-electron chi connectivity index (χ3n) is 5.87. The van der Waals surface area contributed by atoms with Gasteiger partial charge >= 0.3 is 0 Å². The fraction of sp³-hybridized carbons (Fsp3) is 0.200. The Morgan fingerprint density at radius 2 is 1.88 bits per heavy atom. The quantitative estimate of drug-likeness (QED) is 0.525. The van der Waals surface area contributed by atoms with E-state index in [-0.39, 0.29) is 18.2 Å². The lowest BCUT2D eigenvalue weighted by molar-refractivity contribution is -0.122. The highest BCUT2D eigenvalue weighted by Crippen LogP contribution is 2.29. The molecule has 3 heterocycles. The maximum absolute atomic E-state index is 12.8. The predicted octanol–water partition coefficient (Wildman–Crippen LogP) is 3.97. The highest BCUT2D eigenvalue weighted by Gasteiger charge is 2.35. The zero-order valence-electron chi connectivity index (χ0n) is 17.7. The van der Waals surface area contributed by atoms with Crippen LogP contribution in [0.1, 0.15) is 18.9 Å². The van der Waals surface area contributed by atoms with Gasteiger partial charge in [-0.1, -0.05) is 37.3 Å². The molecule has 1 unspecified atom stereocenters. The number of rotatable bonds is 5. The van der Waals surface area contributed by atoms with E-state index in [1.54, 1.807) is 17.4 Å². The van der Waals surface area contributed by atoms with Gasteiger partial charge in [-0.05, 0) is 42.3 Å². The molecule has 160 valence electrons. The number of hydrogen-bond donors (Lipinski definition) is 1. The number of aryl methyl sites for hydroxylation is 1. The molecule has 1 aliphatic rings. The van der Waals surface area contributed by atoms with E-state index in [4.69, 9.17) is 0 Å². The number of fused-ring (bicyclic) bond motifs is 1. The number of aromatic nitrogens is 3. The van der Waals surface area contributed by atoms with Crippen molar-refractivity contribution in [3.8, 4) is 5.82 Å². The summed E-state index contributed by atoms with van der Waals surface area (Å²) in [6.07, 6.45) is 4.40. The van der Waals surface area contributed by atoms with E-state index in [1.807, 2.05) is 65.2 Å². The second-order valence-electron chi connectivity index (χ2n) is 7.89. The average molecular weight is 425 g/mol.